The van der Waals surface area contributed by atoms with Gasteiger partial charge in [-0.25, -0.2) is 0 Å². The fraction of sp³-hybridized carbons (Fsp3) is 0.500. The molecule has 0 aromatic heterocycles. The maximum absolute atomic E-state index is 11.1. The van der Waals surface area contributed by atoms with Crippen molar-refractivity contribution in [3.8, 4) is 5.75 Å². The average molecular weight is 330 g/mol. The minimum atomic E-state index is -0.133. The van der Waals surface area contributed by atoms with Crippen LogP contribution in [0.5, 0.6) is 5.75 Å². The van der Waals surface area contributed by atoms with Crippen molar-refractivity contribution in [3.63, 3.8) is 0 Å². The average Bonchev–Trinajstić information content (AvgIpc) is 2.40. The van der Waals surface area contributed by atoms with E-state index in [1.54, 1.807) is 7.11 Å². The first kappa shape index (κ1) is 16.0. The van der Waals surface area contributed by atoms with Crippen LogP contribution in [0.1, 0.15) is 25.3 Å². The van der Waals surface area contributed by atoms with Gasteiger partial charge < -0.3 is 14.8 Å². The number of nitrogens with one attached hydrogen (secondary N) is 1. The molecule has 0 aliphatic heterocycles. The molecule has 1 rings (SSSR count). The standard InChI is InChI=1S/C14H20BrNO3/c1-3-19-14(17)5-4-8-16-10-11-9-12(18-2)6-7-13(11)15/h6-7,9,16H,3-5,8,10H2,1-2H3. The first-order valence-corrected chi connectivity index (χ1v) is 7.15. The summed E-state index contributed by atoms with van der Waals surface area (Å²) in [5.74, 6) is 0.707. The molecule has 19 heavy (non-hydrogen) atoms. The van der Waals surface area contributed by atoms with Gasteiger partial charge in [0.15, 0.2) is 0 Å². The van der Waals surface area contributed by atoms with Crippen LogP contribution in [0.25, 0.3) is 0 Å². The molecule has 0 amide bonds. The second-order valence-corrected chi connectivity index (χ2v) is 4.90. The third kappa shape index (κ3) is 6.07. The Labute approximate surface area is 122 Å². The number of hydrogen-bond acceptors (Lipinski definition) is 4. The molecule has 1 N–H and O–H groups in total. The molecule has 4 nitrogen and oxygen atoms in total. The largest absolute Gasteiger partial charge is 0.497 e. The highest BCUT2D eigenvalue weighted by Crippen LogP contribution is 2.22. The highest BCUT2D eigenvalue weighted by molar-refractivity contribution is 9.10. The minimum absolute atomic E-state index is 0.133. The van der Waals surface area contributed by atoms with Gasteiger partial charge >= 0.3 is 5.97 Å². The number of hydrogen-bond donors (Lipinski definition) is 1. The SMILES string of the molecule is CCOC(=O)CCCNCc1cc(OC)ccc1Br. The maximum atomic E-state index is 11.1. The summed E-state index contributed by atoms with van der Waals surface area (Å²) in [6.07, 6.45) is 1.24. The molecule has 5 heteroatoms. The van der Waals surface area contributed by atoms with Crippen molar-refractivity contribution in [1.82, 2.24) is 5.32 Å². The Bertz CT molecular complexity index is 410. The Kier molecular flexibility index (Phi) is 7.52. The summed E-state index contributed by atoms with van der Waals surface area (Å²) in [5, 5.41) is 3.30. The third-order valence-electron chi connectivity index (χ3n) is 2.61. The van der Waals surface area contributed by atoms with Gasteiger partial charge in [0.25, 0.3) is 0 Å². The van der Waals surface area contributed by atoms with Crippen molar-refractivity contribution < 1.29 is 14.3 Å². The second kappa shape index (κ2) is 8.93. The van der Waals surface area contributed by atoms with Crippen molar-refractivity contribution >= 4 is 21.9 Å². The molecule has 0 aliphatic rings. The zero-order chi connectivity index (χ0) is 14.1. The van der Waals surface area contributed by atoms with E-state index >= 15 is 0 Å². The molecular formula is C14H20BrNO3. The van der Waals surface area contributed by atoms with Crippen LogP contribution in [-0.2, 0) is 16.1 Å². The third-order valence-corrected chi connectivity index (χ3v) is 3.38. The molecule has 0 saturated carbocycles. The molecule has 1 aromatic rings. The molecule has 0 atom stereocenters. The van der Waals surface area contributed by atoms with Crippen molar-refractivity contribution in [3.05, 3.63) is 28.2 Å². The zero-order valence-electron chi connectivity index (χ0n) is 11.4. The van der Waals surface area contributed by atoms with E-state index in [9.17, 15) is 4.79 Å². The Hall–Kier alpha value is -1.07. The van der Waals surface area contributed by atoms with Gasteiger partial charge in [0.1, 0.15) is 5.75 Å². The van der Waals surface area contributed by atoms with Gasteiger partial charge in [0.05, 0.1) is 13.7 Å². The van der Waals surface area contributed by atoms with Crippen LogP contribution in [0.3, 0.4) is 0 Å². The van der Waals surface area contributed by atoms with E-state index in [1.807, 2.05) is 25.1 Å². The molecule has 0 radical (unpaired) electrons. The van der Waals surface area contributed by atoms with Gasteiger partial charge in [-0.05, 0) is 43.7 Å². The lowest BCUT2D eigenvalue weighted by atomic mass is 10.2. The molecule has 0 aliphatic carbocycles. The highest BCUT2D eigenvalue weighted by Gasteiger charge is 2.03. The number of halogens is 1. The monoisotopic (exact) mass is 329 g/mol. The van der Waals surface area contributed by atoms with Crippen LogP contribution in [0, 0.1) is 0 Å². The van der Waals surface area contributed by atoms with E-state index in [-0.39, 0.29) is 5.97 Å². The molecule has 0 saturated heterocycles. The van der Waals surface area contributed by atoms with Crippen molar-refractivity contribution in [2.24, 2.45) is 0 Å². The van der Waals surface area contributed by atoms with Crippen molar-refractivity contribution in [1.29, 1.82) is 0 Å². The first-order valence-electron chi connectivity index (χ1n) is 6.36. The van der Waals surface area contributed by atoms with Gasteiger partial charge in [0, 0.05) is 17.4 Å². The van der Waals surface area contributed by atoms with Gasteiger partial charge in [-0.3, -0.25) is 4.79 Å². The van der Waals surface area contributed by atoms with Gasteiger partial charge in [0.2, 0.25) is 0 Å². The zero-order valence-corrected chi connectivity index (χ0v) is 13.0. The number of carbonyl (C=O) groups is 1. The van der Waals surface area contributed by atoms with E-state index in [4.69, 9.17) is 9.47 Å². The van der Waals surface area contributed by atoms with Crippen LogP contribution in [0.4, 0.5) is 0 Å². The Morgan fingerprint density at radius 3 is 2.89 bits per heavy atom. The molecule has 0 fully saturated rings. The number of esters is 1. The number of ether oxygens (including phenoxy) is 2. The van der Waals surface area contributed by atoms with Crippen LogP contribution in [-0.4, -0.2) is 26.2 Å². The smallest absolute Gasteiger partial charge is 0.305 e. The predicted molar refractivity (Wildman–Crippen MR) is 78.3 cm³/mol. The lowest BCUT2D eigenvalue weighted by Gasteiger charge is -2.08. The van der Waals surface area contributed by atoms with Crippen LogP contribution < -0.4 is 10.1 Å². The quantitative estimate of drug-likeness (QED) is 0.588. The molecule has 0 unspecified atom stereocenters. The van der Waals surface area contributed by atoms with Gasteiger partial charge in [-0.15, -0.1) is 0 Å². The van der Waals surface area contributed by atoms with E-state index < -0.39 is 0 Å². The Morgan fingerprint density at radius 1 is 1.42 bits per heavy atom. The molecule has 1 aromatic carbocycles. The Balaban J connectivity index is 2.27. The predicted octanol–water partition coefficient (Wildman–Crippen LogP) is 2.89. The lowest BCUT2D eigenvalue weighted by molar-refractivity contribution is -0.143. The van der Waals surface area contributed by atoms with E-state index in [0.717, 1.165) is 35.3 Å². The maximum Gasteiger partial charge on any atom is 0.305 e. The van der Waals surface area contributed by atoms with E-state index in [0.29, 0.717) is 13.0 Å². The summed E-state index contributed by atoms with van der Waals surface area (Å²) in [5.41, 5.74) is 1.13. The Morgan fingerprint density at radius 2 is 2.21 bits per heavy atom. The minimum Gasteiger partial charge on any atom is -0.497 e. The lowest BCUT2D eigenvalue weighted by Crippen LogP contribution is -2.16. The molecule has 0 bridgehead atoms. The molecular weight excluding hydrogens is 310 g/mol. The summed E-state index contributed by atoms with van der Waals surface area (Å²) in [6, 6.07) is 5.87. The highest BCUT2D eigenvalue weighted by atomic mass is 79.9. The van der Waals surface area contributed by atoms with E-state index in [1.165, 1.54) is 0 Å². The number of methoxy groups -OCH3 is 1. The fourth-order valence-corrected chi connectivity index (χ4v) is 2.01. The van der Waals surface area contributed by atoms with Crippen molar-refractivity contribution in [2.75, 3.05) is 20.3 Å². The van der Waals surface area contributed by atoms with E-state index in [2.05, 4.69) is 21.2 Å². The molecule has 0 spiro atoms. The fourth-order valence-electron chi connectivity index (χ4n) is 1.63. The normalized spacial score (nSPS) is 10.3. The topological polar surface area (TPSA) is 47.6 Å². The van der Waals surface area contributed by atoms with Crippen LogP contribution in [0.2, 0.25) is 0 Å². The molecule has 106 valence electrons. The van der Waals surface area contributed by atoms with Gasteiger partial charge in [-0.1, -0.05) is 15.9 Å². The second-order valence-electron chi connectivity index (χ2n) is 4.04. The first-order chi connectivity index (χ1) is 9.17. The van der Waals surface area contributed by atoms with Crippen LogP contribution >= 0.6 is 15.9 Å². The number of benzene rings is 1. The summed E-state index contributed by atoms with van der Waals surface area (Å²) in [4.78, 5) is 11.1. The van der Waals surface area contributed by atoms with Crippen LogP contribution in [0.15, 0.2) is 22.7 Å². The summed E-state index contributed by atoms with van der Waals surface area (Å²) < 4.78 is 11.1. The van der Waals surface area contributed by atoms with Gasteiger partial charge in [-0.2, -0.15) is 0 Å². The summed E-state index contributed by atoms with van der Waals surface area (Å²) >= 11 is 3.50. The molecule has 0 heterocycles. The number of carbonyl (C=O) groups excluding carboxylic acids is 1. The summed E-state index contributed by atoms with van der Waals surface area (Å²) in [7, 11) is 1.65. The number of rotatable bonds is 8. The van der Waals surface area contributed by atoms with Crippen molar-refractivity contribution in [2.45, 2.75) is 26.3 Å². The summed E-state index contributed by atoms with van der Waals surface area (Å²) in [6.45, 7) is 3.78.